The fourth-order valence-corrected chi connectivity index (χ4v) is 3.88. The summed E-state index contributed by atoms with van der Waals surface area (Å²) in [4.78, 5) is 25.9. The number of amides is 1. The van der Waals surface area contributed by atoms with Crippen LogP contribution in [0, 0.1) is 18.3 Å². The smallest absolute Gasteiger partial charge is 0.311 e. The summed E-state index contributed by atoms with van der Waals surface area (Å²) in [6, 6.07) is 5.24. The first-order chi connectivity index (χ1) is 9.94. The van der Waals surface area contributed by atoms with Gasteiger partial charge < -0.3 is 10.0 Å². The highest BCUT2D eigenvalue weighted by molar-refractivity contribution is 6.31. The Bertz CT molecular complexity index is 616. The predicted molar refractivity (Wildman–Crippen MR) is 79.5 cm³/mol. The first-order valence-electron chi connectivity index (χ1n) is 7.23. The summed E-state index contributed by atoms with van der Waals surface area (Å²) in [6.45, 7) is 2.74. The number of benzene rings is 1. The van der Waals surface area contributed by atoms with Crippen molar-refractivity contribution in [2.75, 3.05) is 13.1 Å². The van der Waals surface area contributed by atoms with Crippen molar-refractivity contribution in [3.05, 3.63) is 34.3 Å². The zero-order chi connectivity index (χ0) is 15.2. The van der Waals surface area contributed by atoms with E-state index in [1.54, 1.807) is 17.0 Å². The third-order valence-electron chi connectivity index (χ3n) is 5.00. The highest BCUT2D eigenvalue weighted by atomic mass is 35.5. The summed E-state index contributed by atoms with van der Waals surface area (Å²) in [5, 5.41) is 10.1. The van der Waals surface area contributed by atoms with E-state index in [9.17, 15) is 14.7 Å². The molecule has 2 atom stereocenters. The maximum Gasteiger partial charge on any atom is 0.311 e. The molecule has 5 heteroatoms. The van der Waals surface area contributed by atoms with Gasteiger partial charge in [-0.05, 0) is 43.4 Å². The van der Waals surface area contributed by atoms with E-state index in [2.05, 4.69) is 0 Å². The Morgan fingerprint density at radius 2 is 2.19 bits per heavy atom. The van der Waals surface area contributed by atoms with E-state index in [1.165, 1.54) is 0 Å². The largest absolute Gasteiger partial charge is 0.481 e. The second kappa shape index (κ2) is 5.02. The number of likely N-dealkylation sites (tertiary alicyclic amines) is 1. The second-order valence-corrected chi connectivity index (χ2v) is 6.61. The fraction of sp³-hybridized carbons (Fsp3) is 0.500. The second-order valence-electron chi connectivity index (χ2n) is 6.20. The normalized spacial score (nSPS) is 27.7. The minimum Gasteiger partial charge on any atom is -0.481 e. The third-order valence-corrected chi connectivity index (χ3v) is 5.41. The molecule has 0 aromatic heterocycles. The lowest BCUT2D eigenvalue weighted by Gasteiger charge is -2.23. The van der Waals surface area contributed by atoms with Crippen LogP contribution in [0.4, 0.5) is 0 Å². The molecule has 0 radical (unpaired) electrons. The number of carboxylic acid groups (broad SMARTS) is 1. The quantitative estimate of drug-likeness (QED) is 0.914. The minimum atomic E-state index is -0.762. The van der Waals surface area contributed by atoms with Gasteiger partial charge in [0.2, 0.25) is 0 Å². The zero-order valence-electron chi connectivity index (χ0n) is 11.9. The van der Waals surface area contributed by atoms with E-state index in [0.29, 0.717) is 30.1 Å². The number of aryl methyl sites for hydroxylation is 1. The van der Waals surface area contributed by atoms with Crippen LogP contribution in [0.5, 0.6) is 0 Å². The van der Waals surface area contributed by atoms with Crippen molar-refractivity contribution in [2.45, 2.75) is 26.2 Å². The van der Waals surface area contributed by atoms with Crippen LogP contribution in [0.15, 0.2) is 18.2 Å². The number of carbonyl (C=O) groups is 2. The first-order valence-corrected chi connectivity index (χ1v) is 7.61. The van der Waals surface area contributed by atoms with Crippen molar-refractivity contribution in [1.29, 1.82) is 0 Å². The first kappa shape index (κ1) is 14.4. The van der Waals surface area contributed by atoms with Crippen LogP contribution in [0.25, 0.3) is 0 Å². The van der Waals surface area contributed by atoms with Crippen LogP contribution in [0.2, 0.25) is 5.02 Å². The lowest BCUT2D eigenvalue weighted by atomic mass is 9.81. The van der Waals surface area contributed by atoms with Crippen molar-refractivity contribution in [1.82, 2.24) is 4.90 Å². The van der Waals surface area contributed by atoms with Gasteiger partial charge in [0.1, 0.15) is 0 Å². The van der Waals surface area contributed by atoms with Crippen LogP contribution in [-0.2, 0) is 4.79 Å². The Morgan fingerprint density at radius 3 is 2.81 bits per heavy atom. The summed E-state index contributed by atoms with van der Waals surface area (Å²) in [6.07, 6.45) is 2.51. The average Bonchev–Trinajstić information content (AvgIpc) is 2.98. The summed E-state index contributed by atoms with van der Waals surface area (Å²) < 4.78 is 0. The number of rotatable bonds is 2. The van der Waals surface area contributed by atoms with Gasteiger partial charge in [0.25, 0.3) is 5.91 Å². The van der Waals surface area contributed by atoms with Crippen molar-refractivity contribution in [3.63, 3.8) is 0 Å². The molecule has 1 aromatic carbocycles. The molecule has 1 saturated carbocycles. The van der Waals surface area contributed by atoms with Crippen LogP contribution in [-0.4, -0.2) is 35.0 Å². The van der Waals surface area contributed by atoms with Gasteiger partial charge in [0, 0.05) is 23.7 Å². The van der Waals surface area contributed by atoms with Gasteiger partial charge in [-0.25, -0.2) is 0 Å². The molecule has 1 N–H and O–H groups in total. The van der Waals surface area contributed by atoms with Crippen LogP contribution in [0.1, 0.15) is 35.2 Å². The number of nitrogens with zero attached hydrogens (tertiary/aromatic N) is 1. The molecule has 2 aliphatic rings. The molecule has 0 spiro atoms. The van der Waals surface area contributed by atoms with Gasteiger partial charge in [-0.3, -0.25) is 9.59 Å². The number of hydrogen-bond acceptors (Lipinski definition) is 2. The molecule has 1 aliphatic carbocycles. The molecular formula is C16H18ClNO3. The van der Waals surface area contributed by atoms with Crippen molar-refractivity contribution in [3.8, 4) is 0 Å². The molecule has 1 heterocycles. The SMILES string of the molecule is Cc1ccc(C(=O)N2C[C@@H]3CCC[C@@]3(C(=O)O)C2)cc1Cl. The molecule has 112 valence electrons. The Morgan fingerprint density at radius 1 is 1.43 bits per heavy atom. The van der Waals surface area contributed by atoms with Gasteiger partial charge in [-0.15, -0.1) is 0 Å². The number of fused-ring (bicyclic) bond motifs is 1. The van der Waals surface area contributed by atoms with E-state index in [-0.39, 0.29) is 11.8 Å². The maximum atomic E-state index is 12.6. The summed E-state index contributed by atoms with van der Waals surface area (Å²) in [7, 11) is 0. The molecule has 1 amide bonds. The molecule has 0 unspecified atom stereocenters. The van der Waals surface area contributed by atoms with Gasteiger partial charge >= 0.3 is 5.97 Å². The Balaban J connectivity index is 1.84. The van der Waals surface area contributed by atoms with Crippen molar-refractivity contribution < 1.29 is 14.7 Å². The van der Waals surface area contributed by atoms with E-state index in [1.807, 2.05) is 13.0 Å². The topological polar surface area (TPSA) is 57.6 Å². The molecule has 0 bridgehead atoms. The number of carboxylic acids is 1. The number of halogens is 1. The molecule has 1 aromatic rings. The number of carbonyl (C=O) groups excluding carboxylic acids is 1. The zero-order valence-corrected chi connectivity index (χ0v) is 12.7. The van der Waals surface area contributed by atoms with Crippen LogP contribution < -0.4 is 0 Å². The van der Waals surface area contributed by atoms with Gasteiger partial charge in [0.15, 0.2) is 0 Å². The van der Waals surface area contributed by atoms with Crippen LogP contribution in [0.3, 0.4) is 0 Å². The molecule has 21 heavy (non-hydrogen) atoms. The third kappa shape index (κ3) is 2.22. The number of aliphatic carboxylic acids is 1. The molecule has 1 aliphatic heterocycles. The molecule has 4 nitrogen and oxygen atoms in total. The summed E-state index contributed by atoms with van der Waals surface area (Å²) in [5.41, 5.74) is 0.726. The Kier molecular flexibility index (Phi) is 3.44. The van der Waals surface area contributed by atoms with E-state index in [4.69, 9.17) is 11.6 Å². The predicted octanol–water partition coefficient (Wildman–Crippen LogP) is 2.98. The lowest BCUT2D eigenvalue weighted by molar-refractivity contribution is -0.149. The van der Waals surface area contributed by atoms with E-state index >= 15 is 0 Å². The highest BCUT2D eigenvalue weighted by Gasteiger charge is 2.55. The van der Waals surface area contributed by atoms with Crippen molar-refractivity contribution >= 4 is 23.5 Å². The van der Waals surface area contributed by atoms with Crippen LogP contribution >= 0.6 is 11.6 Å². The van der Waals surface area contributed by atoms with Gasteiger partial charge in [-0.1, -0.05) is 24.1 Å². The summed E-state index contributed by atoms with van der Waals surface area (Å²) in [5.74, 6) is -0.797. The minimum absolute atomic E-state index is 0.0832. The van der Waals surface area contributed by atoms with Crippen molar-refractivity contribution in [2.24, 2.45) is 11.3 Å². The summed E-state index contributed by atoms with van der Waals surface area (Å²) >= 11 is 6.07. The monoisotopic (exact) mass is 307 g/mol. The molecule has 3 rings (SSSR count). The standard InChI is InChI=1S/C16H18ClNO3/c1-10-4-5-11(7-13(10)17)14(19)18-8-12-3-2-6-16(12,9-18)15(20)21/h4-5,7,12H,2-3,6,8-9H2,1H3,(H,20,21)/t12-,16+/m0/s1. The van der Waals surface area contributed by atoms with Gasteiger partial charge in [-0.2, -0.15) is 0 Å². The van der Waals surface area contributed by atoms with E-state index < -0.39 is 11.4 Å². The lowest BCUT2D eigenvalue weighted by Crippen LogP contribution is -2.37. The van der Waals surface area contributed by atoms with Gasteiger partial charge in [0.05, 0.1) is 5.41 Å². The Hall–Kier alpha value is -1.55. The average molecular weight is 308 g/mol. The molecule has 1 saturated heterocycles. The maximum absolute atomic E-state index is 12.6. The fourth-order valence-electron chi connectivity index (χ4n) is 3.70. The Labute approximate surface area is 128 Å². The molecule has 2 fully saturated rings. The number of hydrogen-bond donors (Lipinski definition) is 1. The highest BCUT2D eigenvalue weighted by Crippen LogP contribution is 2.49. The van der Waals surface area contributed by atoms with E-state index in [0.717, 1.165) is 18.4 Å². The molecular weight excluding hydrogens is 290 g/mol.